The van der Waals surface area contributed by atoms with Gasteiger partial charge in [0.25, 0.3) is 0 Å². The van der Waals surface area contributed by atoms with Crippen molar-refractivity contribution >= 4 is 11.8 Å². The van der Waals surface area contributed by atoms with E-state index in [1.165, 1.54) is 0 Å². The summed E-state index contributed by atoms with van der Waals surface area (Å²) in [7, 11) is 3.16. The lowest BCUT2D eigenvalue weighted by molar-refractivity contribution is -0.129. The molecule has 1 fully saturated rings. The van der Waals surface area contributed by atoms with Gasteiger partial charge in [0, 0.05) is 38.8 Å². The molecule has 25 heavy (non-hydrogen) atoms. The van der Waals surface area contributed by atoms with Gasteiger partial charge in [0.15, 0.2) is 0 Å². The number of aliphatic hydroxyl groups is 1. The highest BCUT2D eigenvalue weighted by atomic mass is 16.5. The van der Waals surface area contributed by atoms with Crippen molar-refractivity contribution < 1.29 is 24.2 Å². The first-order valence-corrected chi connectivity index (χ1v) is 8.44. The molecular weight excluding hydrogens is 324 g/mol. The van der Waals surface area contributed by atoms with Crippen molar-refractivity contribution in [1.82, 2.24) is 10.2 Å². The van der Waals surface area contributed by atoms with Gasteiger partial charge in [0.1, 0.15) is 5.75 Å². The van der Waals surface area contributed by atoms with Crippen molar-refractivity contribution in [1.29, 1.82) is 0 Å². The lowest BCUT2D eigenvalue weighted by atomic mass is 9.92. The lowest BCUT2D eigenvalue weighted by Crippen LogP contribution is -2.37. The van der Waals surface area contributed by atoms with E-state index in [9.17, 15) is 9.59 Å². The van der Waals surface area contributed by atoms with Crippen LogP contribution < -0.4 is 10.1 Å². The molecule has 2 amide bonds. The summed E-state index contributed by atoms with van der Waals surface area (Å²) < 4.78 is 10.6. The summed E-state index contributed by atoms with van der Waals surface area (Å²) in [6.45, 7) is 1.21. The van der Waals surface area contributed by atoms with Gasteiger partial charge in [0.05, 0.1) is 25.7 Å². The van der Waals surface area contributed by atoms with E-state index in [-0.39, 0.29) is 24.8 Å². The molecule has 0 radical (unpaired) electrons. The fourth-order valence-electron chi connectivity index (χ4n) is 3.20. The second-order valence-electron chi connectivity index (χ2n) is 5.95. The molecule has 1 saturated heterocycles. The number of benzene rings is 1. The standard InChI is InChI=1S/C18H26N2O5/c1-24-11-9-20-16(22)12-14(18(23)19-8-5-10-21)17(20)13-6-3-4-7-15(13)25-2/h3-4,6-7,14,17,21H,5,8-12H2,1-2H3,(H,19,23)/t14-,17+/m1/s1. The first-order valence-electron chi connectivity index (χ1n) is 8.44. The van der Waals surface area contributed by atoms with E-state index >= 15 is 0 Å². The van der Waals surface area contributed by atoms with E-state index < -0.39 is 12.0 Å². The second kappa shape index (κ2) is 9.39. The summed E-state index contributed by atoms with van der Waals surface area (Å²) in [6, 6.07) is 7.04. The quantitative estimate of drug-likeness (QED) is 0.641. The third-order valence-electron chi connectivity index (χ3n) is 4.40. The van der Waals surface area contributed by atoms with E-state index in [0.29, 0.717) is 31.9 Å². The minimum Gasteiger partial charge on any atom is -0.496 e. The Bertz CT molecular complexity index is 593. The van der Waals surface area contributed by atoms with Crippen molar-refractivity contribution in [2.45, 2.75) is 18.9 Å². The Hall–Kier alpha value is -2.12. The van der Waals surface area contributed by atoms with Crippen molar-refractivity contribution in [3.8, 4) is 5.75 Å². The summed E-state index contributed by atoms with van der Waals surface area (Å²) in [4.78, 5) is 26.8. The Morgan fingerprint density at radius 1 is 1.36 bits per heavy atom. The highest BCUT2D eigenvalue weighted by molar-refractivity contribution is 5.90. The molecule has 0 bridgehead atoms. The normalized spacial score (nSPS) is 20.0. The number of hydrogen-bond acceptors (Lipinski definition) is 5. The molecule has 0 aromatic heterocycles. The van der Waals surface area contributed by atoms with E-state index in [0.717, 1.165) is 5.56 Å². The number of carbonyl (C=O) groups excluding carboxylic acids is 2. The molecule has 0 aliphatic carbocycles. The van der Waals surface area contributed by atoms with Crippen LogP contribution in [0.4, 0.5) is 0 Å². The van der Waals surface area contributed by atoms with Crippen molar-refractivity contribution in [2.24, 2.45) is 5.92 Å². The molecule has 7 heteroatoms. The Morgan fingerprint density at radius 2 is 2.12 bits per heavy atom. The zero-order valence-electron chi connectivity index (χ0n) is 14.7. The third-order valence-corrected chi connectivity index (χ3v) is 4.40. The molecule has 0 unspecified atom stereocenters. The smallest absolute Gasteiger partial charge is 0.226 e. The number of rotatable bonds is 9. The molecule has 1 aliphatic heterocycles. The zero-order chi connectivity index (χ0) is 18.2. The minimum atomic E-state index is -0.501. The van der Waals surface area contributed by atoms with Crippen LogP contribution in [0.25, 0.3) is 0 Å². The number of nitrogens with one attached hydrogen (secondary N) is 1. The molecule has 0 spiro atoms. The first-order chi connectivity index (χ1) is 12.1. The fourth-order valence-corrected chi connectivity index (χ4v) is 3.20. The Labute approximate surface area is 147 Å². The number of amides is 2. The predicted octanol–water partition coefficient (Wildman–Crippen LogP) is 0.730. The number of ether oxygens (including phenoxy) is 2. The molecule has 1 aliphatic rings. The average Bonchev–Trinajstić information content (AvgIpc) is 2.96. The number of para-hydroxylation sites is 1. The van der Waals surface area contributed by atoms with Crippen molar-refractivity contribution in [3.05, 3.63) is 29.8 Å². The Morgan fingerprint density at radius 3 is 2.80 bits per heavy atom. The maximum absolute atomic E-state index is 12.6. The number of hydrogen-bond donors (Lipinski definition) is 2. The predicted molar refractivity (Wildman–Crippen MR) is 92.1 cm³/mol. The van der Waals surface area contributed by atoms with Crippen LogP contribution in [0.5, 0.6) is 5.75 Å². The van der Waals surface area contributed by atoms with Gasteiger partial charge in [-0.1, -0.05) is 18.2 Å². The molecule has 7 nitrogen and oxygen atoms in total. The number of aliphatic hydroxyl groups excluding tert-OH is 1. The van der Waals surface area contributed by atoms with Gasteiger partial charge in [-0.15, -0.1) is 0 Å². The molecule has 2 N–H and O–H groups in total. The molecule has 1 aromatic carbocycles. The van der Waals surface area contributed by atoms with Crippen LogP contribution >= 0.6 is 0 Å². The van der Waals surface area contributed by atoms with E-state index in [1.807, 2.05) is 24.3 Å². The lowest BCUT2D eigenvalue weighted by Gasteiger charge is -2.29. The van der Waals surface area contributed by atoms with Gasteiger partial charge >= 0.3 is 0 Å². The third kappa shape index (κ3) is 4.49. The maximum atomic E-state index is 12.6. The van der Waals surface area contributed by atoms with Crippen LogP contribution in [-0.4, -0.2) is 62.3 Å². The summed E-state index contributed by atoms with van der Waals surface area (Å²) in [5, 5.41) is 11.7. The van der Waals surface area contributed by atoms with Gasteiger partial charge in [0.2, 0.25) is 11.8 Å². The number of carbonyl (C=O) groups is 2. The van der Waals surface area contributed by atoms with Gasteiger partial charge in [-0.2, -0.15) is 0 Å². The van der Waals surface area contributed by atoms with E-state index in [2.05, 4.69) is 5.32 Å². The molecule has 0 saturated carbocycles. The van der Waals surface area contributed by atoms with Crippen LogP contribution in [0.3, 0.4) is 0 Å². The number of nitrogens with zero attached hydrogens (tertiary/aromatic N) is 1. The monoisotopic (exact) mass is 350 g/mol. The summed E-state index contributed by atoms with van der Waals surface area (Å²) in [5.41, 5.74) is 0.814. The summed E-state index contributed by atoms with van der Waals surface area (Å²) in [5.74, 6) is -0.106. The van der Waals surface area contributed by atoms with E-state index in [4.69, 9.17) is 14.6 Å². The highest BCUT2D eigenvalue weighted by Gasteiger charge is 2.45. The van der Waals surface area contributed by atoms with Gasteiger partial charge in [-0.3, -0.25) is 9.59 Å². The van der Waals surface area contributed by atoms with Crippen molar-refractivity contribution in [3.63, 3.8) is 0 Å². The largest absolute Gasteiger partial charge is 0.496 e. The molecule has 138 valence electrons. The SMILES string of the molecule is COCCN1C(=O)C[C@@H](C(=O)NCCCO)[C@@H]1c1ccccc1OC. The first kappa shape index (κ1) is 19.2. The van der Waals surface area contributed by atoms with Crippen LogP contribution in [0.2, 0.25) is 0 Å². The van der Waals surface area contributed by atoms with Gasteiger partial charge in [-0.05, 0) is 12.5 Å². The molecular formula is C18H26N2O5. The second-order valence-corrected chi connectivity index (χ2v) is 5.95. The molecule has 1 aromatic rings. The van der Waals surface area contributed by atoms with Gasteiger partial charge in [-0.25, -0.2) is 0 Å². The highest BCUT2D eigenvalue weighted by Crippen LogP contribution is 2.41. The number of methoxy groups -OCH3 is 2. The number of likely N-dealkylation sites (tertiary alicyclic amines) is 1. The van der Waals surface area contributed by atoms with Crippen LogP contribution in [0.1, 0.15) is 24.4 Å². The summed E-state index contributed by atoms with van der Waals surface area (Å²) >= 11 is 0. The van der Waals surface area contributed by atoms with Crippen LogP contribution in [-0.2, 0) is 14.3 Å². The summed E-state index contributed by atoms with van der Waals surface area (Å²) in [6.07, 6.45) is 0.635. The molecule has 2 rings (SSSR count). The topological polar surface area (TPSA) is 88.1 Å². The maximum Gasteiger partial charge on any atom is 0.226 e. The Balaban J connectivity index is 2.30. The minimum absolute atomic E-state index is 0.0137. The molecule has 1 heterocycles. The Kier molecular flexibility index (Phi) is 7.21. The van der Waals surface area contributed by atoms with Crippen LogP contribution in [0.15, 0.2) is 24.3 Å². The fraction of sp³-hybridized carbons (Fsp3) is 0.556. The van der Waals surface area contributed by atoms with Crippen LogP contribution in [0, 0.1) is 5.92 Å². The molecule has 2 atom stereocenters. The average molecular weight is 350 g/mol. The zero-order valence-corrected chi connectivity index (χ0v) is 14.7. The van der Waals surface area contributed by atoms with Crippen molar-refractivity contribution in [2.75, 3.05) is 40.5 Å². The van der Waals surface area contributed by atoms with Gasteiger partial charge < -0.3 is 24.8 Å². The van der Waals surface area contributed by atoms with E-state index in [1.54, 1.807) is 19.1 Å².